The molecule has 0 unspecified atom stereocenters. The Morgan fingerprint density at radius 1 is 1.19 bits per heavy atom. The summed E-state index contributed by atoms with van der Waals surface area (Å²) in [6.07, 6.45) is -0.470. The Morgan fingerprint density at radius 3 is 2.19 bits per heavy atom. The lowest BCUT2D eigenvalue weighted by Gasteiger charge is -2.18. The van der Waals surface area contributed by atoms with E-state index in [0.29, 0.717) is 0 Å². The number of hydrogen-bond donors (Lipinski definition) is 2. The summed E-state index contributed by atoms with van der Waals surface area (Å²) in [6, 6.07) is 6.12. The van der Waals surface area contributed by atoms with E-state index in [0.717, 1.165) is 11.1 Å². The van der Waals surface area contributed by atoms with Gasteiger partial charge in [0.15, 0.2) is 0 Å². The van der Waals surface area contributed by atoms with Crippen molar-refractivity contribution in [3.8, 4) is 0 Å². The van der Waals surface area contributed by atoms with Crippen molar-refractivity contribution in [1.82, 2.24) is 0 Å². The number of benzene rings is 1. The van der Waals surface area contributed by atoms with Crippen molar-refractivity contribution in [1.29, 1.82) is 0 Å². The van der Waals surface area contributed by atoms with Gasteiger partial charge in [0.05, 0.1) is 0 Å². The molecule has 0 heterocycles. The highest BCUT2D eigenvalue weighted by Crippen LogP contribution is 2.11. The van der Waals surface area contributed by atoms with Crippen molar-refractivity contribution in [2.75, 3.05) is 0 Å². The molecule has 0 spiro atoms. The molecule has 0 amide bonds. The van der Waals surface area contributed by atoms with Crippen molar-refractivity contribution in [3.05, 3.63) is 35.4 Å². The molecular formula is C15H21NO5. The quantitative estimate of drug-likeness (QED) is 0.807. The van der Waals surface area contributed by atoms with E-state index in [-0.39, 0.29) is 13.0 Å². The van der Waals surface area contributed by atoms with Crippen LogP contribution in [0.25, 0.3) is 0 Å². The van der Waals surface area contributed by atoms with E-state index in [4.69, 9.17) is 20.3 Å². The minimum absolute atomic E-state index is 0.0974. The minimum atomic E-state index is -1.03. The number of hydrogen-bond acceptors (Lipinski definition) is 5. The smallest absolute Gasteiger partial charge is 0.480 e. The van der Waals surface area contributed by atoms with Gasteiger partial charge in [0.25, 0.3) is 0 Å². The second-order valence-corrected chi connectivity index (χ2v) is 5.72. The summed E-state index contributed by atoms with van der Waals surface area (Å²) < 4.78 is 10.0. The number of carbonyl (C=O) groups excluding carboxylic acids is 1. The summed E-state index contributed by atoms with van der Waals surface area (Å²) in [5, 5.41) is 8.74. The first kappa shape index (κ1) is 17.0. The number of aliphatic carboxylic acids is 1. The molecule has 0 aliphatic heterocycles. The summed E-state index contributed by atoms with van der Waals surface area (Å²) in [5.41, 5.74) is 6.47. The zero-order chi connectivity index (χ0) is 16.0. The van der Waals surface area contributed by atoms with Crippen molar-refractivity contribution in [2.45, 2.75) is 45.4 Å². The lowest BCUT2D eigenvalue weighted by atomic mass is 10.1. The Labute approximate surface area is 123 Å². The number of carbonyl (C=O) groups is 2. The maximum atomic E-state index is 11.4. The van der Waals surface area contributed by atoms with Crippen LogP contribution in [0.3, 0.4) is 0 Å². The van der Waals surface area contributed by atoms with Gasteiger partial charge < -0.3 is 20.3 Å². The number of nitrogens with two attached hydrogens (primary N) is 1. The molecule has 1 aromatic rings. The van der Waals surface area contributed by atoms with Crippen molar-refractivity contribution < 1.29 is 24.2 Å². The number of carboxylic acid groups (broad SMARTS) is 1. The Hall–Kier alpha value is -2.08. The highest BCUT2D eigenvalue weighted by molar-refractivity contribution is 5.73. The van der Waals surface area contributed by atoms with Gasteiger partial charge >= 0.3 is 12.1 Å². The molecule has 0 fully saturated rings. The summed E-state index contributed by atoms with van der Waals surface area (Å²) >= 11 is 0. The highest BCUT2D eigenvalue weighted by Gasteiger charge is 2.17. The molecule has 0 bridgehead atoms. The third kappa shape index (κ3) is 6.76. The first-order valence-electron chi connectivity index (χ1n) is 6.59. The Balaban J connectivity index is 2.48. The molecule has 1 rings (SSSR count). The molecule has 6 nitrogen and oxygen atoms in total. The minimum Gasteiger partial charge on any atom is -0.480 e. The number of ether oxygens (including phenoxy) is 2. The molecule has 0 radical (unpaired) electrons. The van der Waals surface area contributed by atoms with Crippen LogP contribution in [0.2, 0.25) is 0 Å². The van der Waals surface area contributed by atoms with E-state index < -0.39 is 23.8 Å². The van der Waals surface area contributed by atoms with E-state index in [2.05, 4.69) is 0 Å². The lowest BCUT2D eigenvalue weighted by Crippen LogP contribution is -2.32. The van der Waals surface area contributed by atoms with Crippen LogP contribution in [-0.2, 0) is 27.3 Å². The zero-order valence-corrected chi connectivity index (χ0v) is 12.5. The first-order valence-corrected chi connectivity index (χ1v) is 6.59. The fourth-order valence-corrected chi connectivity index (χ4v) is 1.53. The second-order valence-electron chi connectivity index (χ2n) is 5.72. The summed E-state index contributed by atoms with van der Waals surface area (Å²) in [5.74, 6) is -1.03. The molecule has 0 aliphatic carbocycles. The normalized spacial score (nSPS) is 12.6. The van der Waals surface area contributed by atoms with Crippen LogP contribution in [-0.4, -0.2) is 28.9 Å². The Bertz CT molecular complexity index is 490. The topological polar surface area (TPSA) is 98.9 Å². The predicted molar refractivity (Wildman–Crippen MR) is 76.8 cm³/mol. The first-order chi connectivity index (χ1) is 9.67. The van der Waals surface area contributed by atoms with Gasteiger partial charge in [-0.1, -0.05) is 24.3 Å². The molecular weight excluding hydrogens is 274 g/mol. The molecule has 21 heavy (non-hydrogen) atoms. The van der Waals surface area contributed by atoms with Gasteiger partial charge in [-0.2, -0.15) is 0 Å². The molecule has 0 aliphatic rings. The van der Waals surface area contributed by atoms with Gasteiger partial charge in [0.1, 0.15) is 18.2 Å². The lowest BCUT2D eigenvalue weighted by molar-refractivity contribution is -0.138. The second kappa shape index (κ2) is 7.08. The number of rotatable bonds is 5. The average Bonchev–Trinajstić information content (AvgIpc) is 2.35. The van der Waals surface area contributed by atoms with Crippen molar-refractivity contribution in [3.63, 3.8) is 0 Å². The van der Waals surface area contributed by atoms with Crippen LogP contribution in [0.15, 0.2) is 24.3 Å². The molecule has 3 N–H and O–H groups in total. The number of carboxylic acids is 1. The van der Waals surface area contributed by atoms with E-state index >= 15 is 0 Å². The molecule has 6 heteroatoms. The standard InChI is InChI=1S/C15H21NO5/c1-15(2,3)21-14(19)20-9-11-6-4-10(5-7-11)8-12(16)13(17)18/h4-7,12H,8-9,16H2,1-3H3,(H,17,18)/t12-/m1/s1. The van der Waals surface area contributed by atoms with E-state index in [1.807, 2.05) is 0 Å². The SMILES string of the molecule is CC(C)(C)OC(=O)OCc1ccc(C[C@@H](N)C(=O)O)cc1. The van der Waals surface area contributed by atoms with Gasteiger partial charge in [-0.15, -0.1) is 0 Å². The maximum absolute atomic E-state index is 11.4. The molecule has 116 valence electrons. The summed E-state index contributed by atoms with van der Waals surface area (Å²) in [4.78, 5) is 22.1. The predicted octanol–water partition coefficient (Wildman–Crippen LogP) is 2.09. The highest BCUT2D eigenvalue weighted by atomic mass is 16.7. The largest absolute Gasteiger partial charge is 0.509 e. The monoisotopic (exact) mass is 295 g/mol. The maximum Gasteiger partial charge on any atom is 0.509 e. The third-order valence-electron chi connectivity index (χ3n) is 2.54. The van der Waals surface area contributed by atoms with Gasteiger partial charge in [-0.05, 0) is 38.3 Å². The van der Waals surface area contributed by atoms with Crippen molar-refractivity contribution >= 4 is 12.1 Å². The molecule has 1 aromatic carbocycles. The molecule has 0 saturated carbocycles. The van der Waals surface area contributed by atoms with Crippen LogP contribution >= 0.6 is 0 Å². The van der Waals surface area contributed by atoms with Crippen LogP contribution in [0.5, 0.6) is 0 Å². The van der Waals surface area contributed by atoms with E-state index in [1.54, 1.807) is 45.0 Å². The van der Waals surface area contributed by atoms with Gasteiger partial charge in [-0.25, -0.2) is 4.79 Å². The molecule has 0 aromatic heterocycles. The third-order valence-corrected chi connectivity index (χ3v) is 2.54. The van der Waals surface area contributed by atoms with Gasteiger partial charge in [0, 0.05) is 0 Å². The van der Waals surface area contributed by atoms with Crippen LogP contribution in [0, 0.1) is 0 Å². The van der Waals surface area contributed by atoms with Gasteiger partial charge in [-0.3, -0.25) is 4.79 Å². The van der Waals surface area contributed by atoms with Crippen LogP contribution < -0.4 is 5.73 Å². The van der Waals surface area contributed by atoms with Gasteiger partial charge in [0.2, 0.25) is 0 Å². The van der Waals surface area contributed by atoms with Crippen LogP contribution in [0.1, 0.15) is 31.9 Å². The Morgan fingerprint density at radius 2 is 1.71 bits per heavy atom. The van der Waals surface area contributed by atoms with Crippen LogP contribution in [0.4, 0.5) is 4.79 Å². The summed E-state index contributed by atoms with van der Waals surface area (Å²) in [6.45, 7) is 5.37. The summed E-state index contributed by atoms with van der Waals surface area (Å²) in [7, 11) is 0. The van der Waals surface area contributed by atoms with E-state index in [9.17, 15) is 9.59 Å². The fraction of sp³-hybridized carbons (Fsp3) is 0.467. The van der Waals surface area contributed by atoms with E-state index in [1.165, 1.54) is 0 Å². The van der Waals surface area contributed by atoms with Crippen molar-refractivity contribution in [2.24, 2.45) is 5.73 Å². The zero-order valence-electron chi connectivity index (χ0n) is 12.5. The Kier molecular flexibility index (Phi) is 5.72. The molecule has 1 atom stereocenters. The average molecular weight is 295 g/mol. The molecule has 0 saturated heterocycles. The fourth-order valence-electron chi connectivity index (χ4n) is 1.53.